The number of rotatable bonds is 6. The molecule has 0 amide bonds. The van der Waals surface area contributed by atoms with Crippen molar-refractivity contribution in [3.63, 3.8) is 0 Å². The number of ether oxygens (including phenoxy) is 1. The molecule has 2 rings (SSSR count). The van der Waals surface area contributed by atoms with E-state index in [0.717, 1.165) is 18.8 Å². The third-order valence-corrected chi connectivity index (χ3v) is 4.03. The van der Waals surface area contributed by atoms with Crippen molar-refractivity contribution in [1.29, 1.82) is 5.26 Å². The molecule has 0 aliphatic rings. The second-order valence-corrected chi connectivity index (χ2v) is 5.28. The van der Waals surface area contributed by atoms with Gasteiger partial charge in [0.25, 0.3) is 0 Å². The number of nitrogens with zero attached hydrogens (tertiary/aromatic N) is 2. The van der Waals surface area contributed by atoms with Gasteiger partial charge in [-0.05, 0) is 32.4 Å². The van der Waals surface area contributed by atoms with Crippen molar-refractivity contribution in [2.45, 2.75) is 26.7 Å². The van der Waals surface area contributed by atoms with Gasteiger partial charge >= 0.3 is 11.6 Å². The molecular formula is C18H20N2O4. The number of fused-ring (bicyclic) bond motifs is 1. The molecule has 0 atom stereocenters. The highest BCUT2D eigenvalue weighted by Gasteiger charge is 2.17. The van der Waals surface area contributed by atoms with Crippen molar-refractivity contribution in [1.82, 2.24) is 0 Å². The lowest BCUT2D eigenvalue weighted by Crippen LogP contribution is -2.21. The van der Waals surface area contributed by atoms with Crippen molar-refractivity contribution in [2.24, 2.45) is 0 Å². The molecule has 1 aromatic carbocycles. The normalized spacial score (nSPS) is 10.4. The lowest BCUT2D eigenvalue weighted by Gasteiger charge is -2.21. The number of carbonyl (C=O) groups excluding carboxylic acids is 1. The monoisotopic (exact) mass is 328 g/mol. The number of carbonyl (C=O) groups is 1. The fourth-order valence-electron chi connectivity index (χ4n) is 2.70. The van der Waals surface area contributed by atoms with E-state index >= 15 is 0 Å². The smallest absolute Gasteiger partial charge is 0.340 e. The van der Waals surface area contributed by atoms with Crippen molar-refractivity contribution in [3.05, 3.63) is 39.7 Å². The first kappa shape index (κ1) is 17.5. The molecule has 0 bridgehead atoms. The van der Waals surface area contributed by atoms with Crippen LogP contribution in [0.3, 0.4) is 0 Å². The van der Waals surface area contributed by atoms with Crippen molar-refractivity contribution >= 4 is 22.6 Å². The van der Waals surface area contributed by atoms with Crippen LogP contribution in [0.25, 0.3) is 11.0 Å². The van der Waals surface area contributed by atoms with Gasteiger partial charge in [-0.15, -0.1) is 0 Å². The van der Waals surface area contributed by atoms with Crippen LogP contribution in [0.5, 0.6) is 0 Å². The average Bonchev–Trinajstić information content (AvgIpc) is 2.60. The second kappa shape index (κ2) is 7.64. The van der Waals surface area contributed by atoms with E-state index in [4.69, 9.17) is 4.42 Å². The molecule has 1 heterocycles. The molecule has 2 aromatic rings. The lowest BCUT2D eigenvalue weighted by molar-refractivity contribution is -0.140. The molecule has 0 unspecified atom stereocenters. The first-order valence-electron chi connectivity index (χ1n) is 7.87. The van der Waals surface area contributed by atoms with Crippen LogP contribution in [0, 0.1) is 11.3 Å². The Morgan fingerprint density at radius 3 is 2.62 bits per heavy atom. The Morgan fingerprint density at radius 1 is 1.33 bits per heavy atom. The molecule has 0 aliphatic heterocycles. The minimum Gasteiger partial charge on any atom is -0.469 e. The third-order valence-electron chi connectivity index (χ3n) is 4.03. The maximum atomic E-state index is 12.3. The molecular weight excluding hydrogens is 308 g/mol. The third kappa shape index (κ3) is 3.40. The standard InChI is InChI=1S/C18H20N2O4/c1-4-20(5-2)12-6-7-13-15(11-19)14(8-9-17(21)23-3)18(22)24-16(13)10-12/h6-7,10H,4-5,8-9H2,1-3H3. The summed E-state index contributed by atoms with van der Waals surface area (Å²) in [6.07, 6.45) is 0.143. The van der Waals surface area contributed by atoms with Crippen molar-refractivity contribution in [3.8, 4) is 6.07 Å². The summed E-state index contributed by atoms with van der Waals surface area (Å²) in [7, 11) is 1.28. The zero-order valence-corrected chi connectivity index (χ0v) is 14.1. The highest BCUT2D eigenvalue weighted by atomic mass is 16.5. The Balaban J connectivity index is 2.54. The Labute approximate surface area is 140 Å². The molecule has 0 saturated carbocycles. The molecule has 1 aromatic heterocycles. The minimum absolute atomic E-state index is 0.0268. The second-order valence-electron chi connectivity index (χ2n) is 5.28. The quantitative estimate of drug-likeness (QED) is 0.599. The fourth-order valence-corrected chi connectivity index (χ4v) is 2.70. The number of methoxy groups -OCH3 is 1. The summed E-state index contributed by atoms with van der Waals surface area (Å²) in [5.74, 6) is -0.435. The van der Waals surface area contributed by atoms with E-state index in [-0.39, 0.29) is 24.0 Å². The summed E-state index contributed by atoms with van der Waals surface area (Å²) in [4.78, 5) is 25.7. The van der Waals surface area contributed by atoms with Gasteiger partial charge in [-0.1, -0.05) is 0 Å². The molecule has 6 nitrogen and oxygen atoms in total. The van der Waals surface area contributed by atoms with E-state index in [9.17, 15) is 14.9 Å². The van der Waals surface area contributed by atoms with Gasteiger partial charge < -0.3 is 14.1 Å². The van der Waals surface area contributed by atoms with E-state index in [1.807, 2.05) is 19.9 Å². The molecule has 24 heavy (non-hydrogen) atoms. The van der Waals surface area contributed by atoms with Gasteiger partial charge in [0.15, 0.2) is 0 Å². The number of esters is 1. The van der Waals surface area contributed by atoms with Crippen LogP contribution < -0.4 is 10.5 Å². The summed E-state index contributed by atoms with van der Waals surface area (Å²) >= 11 is 0. The Hall–Kier alpha value is -2.81. The molecule has 0 N–H and O–H groups in total. The van der Waals surface area contributed by atoms with Crippen LogP contribution in [0.4, 0.5) is 5.69 Å². The van der Waals surface area contributed by atoms with Crippen LogP contribution in [-0.4, -0.2) is 26.2 Å². The molecule has 0 spiro atoms. The first-order chi connectivity index (χ1) is 11.5. The average molecular weight is 328 g/mol. The summed E-state index contributed by atoms with van der Waals surface area (Å²) in [5, 5.41) is 10.1. The Morgan fingerprint density at radius 2 is 2.04 bits per heavy atom. The summed E-state index contributed by atoms with van der Waals surface area (Å²) in [6, 6.07) is 7.53. The number of hydrogen-bond donors (Lipinski definition) is 0. The maximum absolute atomic E-state index is 12.3. The van der Waals surface area contributed by atoms with E-state index in [2.05, 4.69) is 15.7 Å². The van der Waals surface area contributed by atoms with Gasteiger partial charge in [0.1, 0.15) is 11.7 Å². The molecule has 126 valence electrons. The SMILES string of the molecule is CCN(CC)c1ccc2c(C#N)c(CCC(=O)OC)c(=O)oc2c1. The van der Waals surface area contributed by atoms with Crippen molar-refractivity contribution in [2.75, 3.05) is 25.1 Å². The number of anilines is 1. The molecule has 0 radical (unpaired) electrons. The number of benzene rings is 1. The zero-order chi connectivity index (χ0) is 17.7. The van der Waals surface area contributed by atoms with Crippen LogP contribution in [-0.2, 0) is 16.0 Å². The topological polar surface area (TPSA) is 83.5 Å². The largest absolute Gasteiger partial charge is 0.469 e. The predicted octanol–water partition coefficient (Wildman–Crippen LogP) is 2.62. The first-order valence-corrected chi connectivity index (χ1v) is 7.87. The lowest BCUT2D eigenvalue weighted by atomic mass is 10.0. The van der Waals surface area contributed by atoms with Crippen LogP contribution >= 0.6 is 0 Å². The van der Waals surface area contributed by atoms with Gasteiger partial charge in [-0.25, -0.2) is 4.79 Å². The van der Waals surface area contributed by atoms with Crippen LogP contribution in [0.2, 0.25) is 0 Å². The fraction of sp³-hybridized carbons (Fsp3) is 0.389. The zero-order valence-electron chi connectivity index (χ0n) is 14.1. The van der Waals surface area contributed by atoms with Gasteiger partial charge in [0, 0.05) is 36.7 Å². The minimum atomic E-state index is -0.584. The highest BCUT2D eigenvalue weighted by molar-refractivity contribution is 5.87. The predicted molar refractivity (Wildman–Crippen MR) is 91.1 cm³/mol. The maximum Gasteiger partial charge on any atom is 0.340 e. The summed E-state index contributed by atoms with van der Waals surface area (Å²) in [5.41, 5.74) is 1.20. The molecule has 0 aliphatic carbocycles. The van der Waals surface area contributed by atoms with Gasteiger partial charge in [-0.3, -0.25) is 4.79 Å². The summed E-state index contributed by atoms with van der Waals surface area (Å²) < 4.78 is 9.98. The number of nitriles is 1. The molecule has 0 saturated heterocycles. The summed E-state index contributed by atoms with van der Waals surface area (Å²) in [6.45, 7) is 5.74. The van der Waals surface area contributed by atoms with E-state index < -0.39 is 11.6 Å². The van der Waals surface area contributed by atoms with Crippen LogP contribution in [0.1, 0.15) is 31.4 Å². The molecule has 6 heteroatoms. The number of hydrogen-bond acceptors (Lipinski definition) is 6. The van der Waals surface area contributed by atoms with E-state index in [1.165, 1.54) is 7.11 Å². The van der Waals surface area contributed by atoms with E-state index in [1.54, 1.807) is 12.1 Å². The Kier molecular flexibility index (Phi) is 5.59. The Bertz CT molecular complexity index is 844. The van der Waals surface area contributed by atoms with Gasteiger partial charge in [-0.2, -0.15) is 5.26 Å². The van der Waals surface area contributed by atoms with Gasteiger partial charge in [0.2, 0.25) is 0 Å². The van der Waals surface area contributed by atoms with Crippen molar-refractivity contribution < 1.29 is 13.9 Å². The van der Waals surface area contributed by atoms with E-state index in [0.29, 0.717) is 11.0 Å². The highest BCUT2D eigenvalue weighted by Crippen LogP contribution is 2.25. The molecule has 0 fully saturated rings. The van der Waals surface area contributed by atoms with Gasteiger partial charge in [0.05, 0.1) is 18.2 Å². The van der Waals surface area contributed by atoms with Crippen LogP contribution in [0.15, 0.2) is 27.4 Å².